The highest BCUT2D eigenvalue weighted by Gasteiger charge is 2.18. The monoisotopic (exact) mass is 262 g/mol. The summed E-state index contributed by atoms with van der Waals surface area (Å²) in [6, 6.07) is 8.32. The van der Waals surface area contributed by atoms with Crippen molar-refractivity contribution in [3.05, 3.63) is 45.4 Å². The van der Waals surface area contributed by atoms with Gasteiger partial charge in [0.15, 0.2) is 0 Å². The molecule has 0 aliphatic heterocycles. The average molecular weight is 262 g/mol. The quantitative estimate of drug-likeness (QED) is 0.919. The first-order valence-corrected chi connectivity index (χ1v) is 6.72. The molecular weight excluding hydrogens is 244 g/mol. The lowest BCUT2D eigenvalue weighted by atomic mass is 10.0. The Morgan fingerprint density at radius 2 is 2.11 bits per heavy atom. The molecule has 0 spiro atoms. The highest BCUT2D eigenvalue weighted by molar-refractivity contribution is 7.11. The van der Waals surface area contributed by atoms with E-state index < -0.39 is 0 Å². The molecule has 18 heavy (non-hydrogen) atoms. The molecular formula is C14H18N2OS. The van der Waals surface area contributed by atoms with Gasteiger partial charge in [0.1, 0.15) is 5.75 Å². The molecule has 0 aliphatic carbocycles. The summed E-state index contributed by atoms with van der Waals surface area (Å²) in [6.07, 6.45) is 0. The predicted octanol–water partition coefficient (Wildman–Crippen LogP) is 3.08. The second-order valence-corrected chi connectivity index (χ2v) is 5.42. The van der Waals surface area contributed by atoms with Gasteiger partial charge >= 0.3 is 0 Å². The maximum atomic E-state index is 5.28. The van der Waals surface area contributed by atoms with Gasteiger partial charge in [0.25, 0.3) is 0 Å². The zero-order chi connectivity index (χ0) is 13.1. The van der Waals surface area contributed by atoms with Crippen LogP contribution in [0.25, 0.3) is 0 Å². The third-order valence-electron chi connectivity index (χ3n) is 2.92. The minimum atomic E-state index is 0.172. The van der Waals surface area contributed by atoms with Gasteiger partial charge in [-0.2, -0.15) is 0 Å². The van der Waals surface area contributed by atoms with Gasteiger partial charge in [0.05, 0.1) is 23.9 Å². The zero-order valence-electron chi connectivity index (χ0n) is 11.2. The molecule has 0 saturated heterocycles. The van der Waals surface area contributed by atoms with E-state index >= 15 is 0 Å². The summed E-state index contributed by atoms with van der Waals surface area (Å²) in [5.74, 6) is 0.881. The molecule has 1 aromatic carbocycles. The van der Waals surface area contributed by atoms with Crippen LogP contribution in [-0.2, 0) is 0 Å². The second-order valence-electron chi connectivity index (χ2n) is 4.18. The topological polar surface area (TPSA) is 34.1 Å². The number of thiazole rings is 1. The lowest BCUT2D eigenvalue weighted by Gasteiger charge is -2.16. The van der Waals surface area contributed by atoms with E-state index in [2.05, 4.69) is 29.4 Å². The van der Waals surface area contributed by atoms with E-state index in [1.807, 2.05) is 26.1 Å². The maximum absolute atomic E-state index is 5.28. The minimum absolute atomic E-state index is 0.172. The summed E-state index contributed by atoms with van der Waals surface area (Å²) >= 11 is 1.74. The Bertz CT molecular complexity index is 536. The highest BCUT2D eigenvalue weighted by atomic mass is 32.1. The Morgan fingerprint density at radius 1 is 1.33 bits per heavy atom. The second kappa shape index (κ2) is 5.50. The first-order valence-electron chi connectivity index (χ1n) is 5.91. The van der Waals surface area contributed by atoms with Crippen molar-refractivity contribution in [1.29, 1.82) is 0 Å². The van der Waals surface area contributed by atoms with Crippen LogP contribution >= 0.6 is 11.3 Å². The number of aromatic nitrogens is 1. The molecule has 0 radical (unpaired) electrons. The molecule has 4 heteroatoms. The van der Waals surface area contributed by atoms with Gasteiger partial charge in [-0.1, -0.05) is 12.1 Å². The molecule has 1 heterocycles. The summed E-state index contributed by atoms with van der Waals surface area (Å²) in [5, 5.41) is 4.46. The average Bonchev–Trinajstić information content (AvgIpc) is 2.70. The molecule has 2 rings (SSSR count). The van der Waals surface area contributed by atoms with Crippen LogP contribution in [0.5, 0.6) is 5.75 Å². The van der Waals surface area contributed by atoms with Gasteiger partial charge < -0.3 is 10.1 Å². The number of nitrogens with one attached hydrogen (secondary N) is 1. The largest absolute Gasteiger partial charge is 0.497 e. The first-order chi connectivity index (χ1) is 8.65. The van der Waals surface area contributed by atoms with E-state index in [4.69, 9.17) is 4.74 Å². The predicted molar refractivity (Wildman–Crippen MR) is 75.5 cm³/mol. The summed E-state index contributed by atoms with van der Waals surface area (Å²) in [4.78, 5) is 5.76. The van der Waals surface area contributed by atoms with Gasteiger partial charge in [-0.25, -0.2) is 4.98 Å². The molecule has 1 unspecified atom stereocenters. The third-order valence-corrected chi connectivity index (χ3v) is 4.06. The third kappa shape index (κ3) is 2.54. The van der Waals surface area contributed by atoms with Crippen LogP contribution in [0.4, 0.5) is 0 Å². The summed E-state index contributed by atoms with van der Waals surface area (Å²) in [5.41, 5.74) is 2.29. The van der Waals surface area contributed by atoms with Crippen molar-refractivity contribution in [2.75, 3.05) is 14.2 Å². The van der Waals surface area contributed by atoms with E-state index in [-0.39, 0.29) is 6.04 Å². The van der Waals surface area contributed by atoms with Crippen LogP contribution in [0.2, 0.25) is 0 Å². The van der Waals surface area contributed by atoms with Crippen molar-refractivity contribution < 1.29 is 4.74 Å². The highest BCUT2D eigenvalue weighted by Crippen LogP contribution is 2.31. The molecule has 1 atom stereocenters. The summed E-state index contributed by atoms with van der Waals surface area (Å²) in [6.45, 7) is 4.10. The van der Waals surface area contributed by atoms with Crippen LogP contribution < -0.4 is 10.1 Å². The smallest absolute Gasteiger partial charge is 0.119 e. The maximum Gasteiger partial charge on any atom is 0.119 e. The Labute approximate surface area is 112 Å². The molecule has 0 amide bonds. The number of benzene rings is 1. The van der Waals surface area contributed by atoms with Gasteiger partial charge in [-0.05, 0) is 38.6 Å². The van der Waals surface area contributed by atoms with E-state index in [1.54, 1.807) is 18.4 Å². The Kier molecular flexibility index (Phi) is 3.99. The molecule has 0 saturated carbocycles. The molecule has 1 N–H and O–H groups in total. The fraction of sp³-hybridized carbons (Fsp3) is 0.357. The molecule has 0 fully saturated rings. The lowest BCUT2D eigenvalue weighted by Crippen LogP contribution is -2.17. The van der Waals surface area contributed by atoms with Crippen molar-refractivity contribution >= 4 is 11.3 Å². The van der Waals surface area contributed by atoms with Crippen molar-refractivity contribution in [3.63, 3.8) is 0 Å². The molecule has 0 bridgehead atoms. The molecule has 0 aliphatic rings. The van der Waals surface area contributed by atoms with Gasteiger partial charge in [0, 0.05) is 4.88 Å². The van der Waals surface area contributed by atoms with Gasteiger partial charge in [0.2, 0.25) is 0 Å². The number of hydrogen-bond donors (Lipinski definition) is 1. The standard InChI is InChI=1S/C14H18N2OS/c1-9-14(18-10(2)16-9)13(15-3)11-6-5-7-12(8-11)17-4/h5-8,13,15H,1-4H3. The van der Waals surface area contributed by atoms with E-state index in [0.717, 1.165) is 16.5 Å². The minimum Gasteiger partial charge on any atom is -0.497 e. The number of methoxy groups -OCH3 is 1. The van der Waals surface area contributed by atoms with Crippen molar-refractivity contribution in [2.24, 2.45) is 0 Å². The summed E-state index contributed by atoms with van der Waals surface area (Å²) < 4.78 is 5.28. The van der Waals surface area contributed by atoms with Gasteiger partial charge in [-0.3, -0.25) is 0 Å². The SMILES string of the molecule is CNC(c1cccc(OC)c1)c1sc(C)nc1C. The Balaban J connectivity index is 2.41. The van der Waals surface area contributed by atoms with Crippen LogP contribution in [0, 0.1) is 13.8 Å². The van der Waals surface area contributed by atoms with Gasteiger partial charge in [-0.15, -0.1) is 11.3 Å². The van der Waals surface area contributed by atoms with Crippen molar-refractivity contribution in [2.45, 2.75) is 19.9 Å². The normalized spacial score (nSPS) is 12.4. The van der Waals surface area contributed by atoms with E-state index in [1.165, 1.54) is 10.4 Å². The van der Waals surface area contributed by atoms with Crippen molar-refractivity contribution in [3.8, 4) is 5.75 Å². The van der Waals surface area contributed by atoms with Crippen LogP contribution in [0.1, 0.15) is 27.2 Å². The summed E-state index contributed by atoms with van der Waals surface area (Å²) in [7, 11) is 3.66. The molecule has 3 nitrogen and oxygen atoms in total. The Hall–Kier alpha value is -1.39. The van der Waals surface area contributed by atoms with E-state index in [0.29, 0.717) is 0 Å². The number of ether oxygens (including phenoxy) is 1. The van der Waals surface area contributed by atoms with Crippen LogP contribution in [0.3, 0.4) is 0 Å². The fourth-order valence-corrected chi connectivity index (χ4v) is 3.15. The number of aryl methyl sites for hydroxylation is 2. The number of hydrogen-bond acceptors (Lipinski definition) is 4. The van der Waals surface area contributed by atoms with Crippen molar-refractivity contribution in [1.82, 2.24) is 10.3 Å². The lowest BCUT2D eigenvalue weighted by molar-refractivity contribution is 0.414. The molecule has 1 aromatic heterocycles. The fourth-order valence-electron chi connectivity index (χ4n) is 2.09. The molecule has 2 aromatic rings. The van der Waals surface area contributed by atoms with E-state index in [9.17, 15) is 0 Å². The molecule has 96 valence electrons. The number of rotatable bonds is 4. The zero-order valence-corrected chi connectivity index (χ0v) is 12.0. The van der Waals surface area contributed by atoms with Crippen LogP contribution in [-0.4, -0.2) is 19.1 Å². The number of nitrogens with zero attached hydrogens (tertiary/aromatic N) is 1. The Morgan fingerprint density at radius 3 is 2.67 bits per heavy atom. The first kappa shape index (κ1) is 13.1. The van der Waals surface area contributed by atoms with Crippen LogP contribution in [0.15, 0.2) is 24.3 Å².